The number of halogens is 1. The van der Waals surface area contributed by atoms with Crippen LogP contribution >= 0.6 is 15.9 Å². The minimum absolute atomic E-state index is 0.185. The van der Waals surface area contributed by atoms with Gasteiger partial charge in [-0.1, -0.05) is 66.2 Å². The van der Waals surface area contributed by atoms with Crippen LogP contribution in [0.25, 0.3) is 23.3 Å². The van der Waals surface area contributed by atoms with Crippen molar-refractivity contribution in [3.05, 3.63) is 64.6 Å². The van der Waals surface area contributed by atoms with E-state index in [1.807, 2.05) is 57.2 Å². The molecule has 0 heterocycles. The predicted molar refractivity (Wildman–Crippen MR) is 113 cm³/mol. The number of carboxylic acids is 1. The first-order chi connectivity index (χ1) is 12.6. The SMILES string of the molecule is CC.C\C=C/C=c1/cc(-c2cccc(C(=O)O)c2)cc(O)/c1=C\CCBr. The lowest BCUT2D eigenvalue weighted by molar-refractivity contribution is 0.0697. The topological polar surface area (TPSA) is 57.5 Å². The third kappa shape index (κ3) is 5.88. The molecule has 0 fully saturated rings. The van der Waals surface area contributed by atoms with Crippen LogP contribution < -0.4 is 10.4 Å². The van der Waals surface area contributed by atoms with E-state index in [9.17, 15) is 9.90 Å². The zero-order valence-electron chi connectivity index (χ0n) is 15.4. The lowest BCUT2D eigenvalue weighted by Crippen LogP contribution is -2.24. The molecule has 0 amide bonds. The van der Waals surface area contributed by atoms with Gasteiger partial charge >= 0.3 is 5.97 Å². The average molecular weight is 417 g/mol. The van der Waals surface area contributed by atoms with Crippen molar-refractivity contribution in [3.63, 3.8) is 0 Å². The smallest absolute Gasteiger partial charge is 0.335 e. The molecule has 3 nitrogen and oxygen atoms in total. The van der Waals surface area contributed by atoms with Gasteiger partial charge in [-0.3, -0.25) is 0 Å². The highest BCUT2D eigenvalue weighted by atomic mass is 79.9. The standard InChI is InChI=1S/C20H19BrO3.C2H6/c1-2-3-6-15-12-17(13-19(22)18(15)9-5-10-21)14-7-4-8-16(11-14)20(23)24;1-2/h2-4,6-9,11-13,22H,5,10H2,1H3,(H,23,24);1-2H3/b3-2-,15-6-,18-9-;. The first-order valence-electron chi connectivity index (χ1n) is 8.62. The van der Waals surface area contributed by atoms with Gasteiger partial charge in [0.2, 0.25) is 0 Å². The summed E-state index contributed by atoms with van der Waals surface area (Å²) < 4.78 is 0. The van der Waals surface area contributed by atoms with E-state index in [1.165, 1.54) is 0 Å². The Hall–Kier alpha value is -2.33. The summed E-state index contributed by atoms with van der Waals surface area (Å²) in [7, 11) is 0. The molecule has 138 valence electrons. The lowest BCUT2D eigenvalue weighted by atomic mass is 10.0. The number of benzene rings is 2. The second-order valence-electron chi connectivity index (χ2n) is 5.26. The normalized spacial score (nSPS) is 12.2. The molecule has 0 aliphatic carbocycles. The molecular weight excluding hydrogens is 392 g/mol. The van der Waals surface area contributed by atoms with Gasteiger partial charge in [-0.05, 0) is 54.0 Å². The summed E-state index contributed by atoms with van der Waals surface area (Å²) in [6.07, 6.45) is 8.56. The van der Waals surface area contributed by atoms with Crippen LogP contribution in [0.2, 0.25) is 0 Å². The Bertz CT molecular complexity index is 883. The Morgan fingerprint density at radius 1 is 1.15 bits per heavy atom. The van der Waals surface area contributed by atoms with E-state index in [0.29, 0.717) is 0 Å². The molecular formula is C22H25BrO3. The zero-order valence-corrected chi connectivity index (χ0v) is 17.0. The Balaban J connectivity index is 0.00000163. The lowest BCUT2D eigenvalue weighted by Gasteiger charge is -2.06. The van der Waals surface area contributed by atoms with E-state index in [1.54, 1.807) is 24.3 Å². The van der Waals surface area contributed by atoms with Crippen molar-refractivity contribution >= 4 is 34.1 Å². The van der Waals surface area contributed by atoms with E-state index < -0.39 is 5.97 Å². The van der Waals surface area contributed by atoms with Crippen LogP contribution in [0.3, 0.4) is 0 Å². The van der Waals surface area contributed by atoms with Gasteiger partial charge in [0, 0.05) is 10.5 Å². The monoisotopic (exact) mass is 416 g/mol. The van der Waals surface area contributed by atoms with E-state index >= 15 is 0 Å². The number of hydrogen-bond acceptors (Lipinski definition) is 2. The maximum atomic E-state index is 11.2. The van der Waals surface area contributed by atoms with Crippen LogP contribution in [-0.4, -0.2) is 21.5 Å². The highest BCUT2D eigenvalue weighted by molar-refractivity contribution is 9.09. The molecule has 0 aromatic heterocycles. The average Bonchev–Trinajstić information content (AvgIpc) is 2.67. The largest absolute Gasteiger partial charge is 0.507 e. The number of carbonyl (C=O) groups is 1. The fourth-order valence-corrected chi connectivity index (χ4v) is 2.65. The summed E-state index contributed by atoms with van der Waals surface area (Å²) >= 11 is 3.39. The third-order valence-electron chi connectivity index (χ3n) is 3.56. The van der Waals surface area contributed by atoms with Gasteiger partial charge in [-0.15, -0.1) is 0 Å². The van der Waals surface area contributed by atoms with Crippen LogP contribution in [-0.2, 0) is 0 Å². The molecule has 0 spiro atoms. The molecule has 26 heavy (non-hydrogen) atoms. The molecule has 2 aromatic carbocycles. The Labute approximate surface area is 163 Å². The number of hydrogen-bond donors (Lipinski definition) is 2. The van der Waals surface area contributed by atoms with Crippen LogP contribution in [0, 0.1) is 0 Å². The van der Waals surface area contributed by atoms with E-state index in [4.69, 9.17) is 5.11 Å². The second kappa shape index (κ2) is 11.3. The Morgan fingerprint density at radius 3 is 2.50 bits per heavy atom. The fraction of sp³-hybridized carbons (Fsp3) is 0.227. The number of carboxylic acid groups (broad SMARTS) is 1. The Kier molecular flexibility index (Phi) is 9.45. The Morgan fingerprint density at radius 2 is 1.88 bits per heavy atom. The number of rotatable bonds is 5. The summed E-state index contributed by atoms with van der Waals surface area (Å²) in [4.78, 5) is 11.2. The van der Waals surface area contributed by atoms with Crippen molar-refractivity contribution in [1.82, 2.24) is 0 Å². The molecule has 0 radical (unpaired) electrons. The highest BCUT2D eigenvalue weighted by Gasteiger charge is 2.07. The van der Waals surface area contributed by atoms with Gasteiger partial charge in [0.15, 0.2) is 0 Å². The van der Waals surface area contributed by atoms with E-state index in [-0.39, 0.29) is 11.3 Å². The van der Waals surface area contributed by atoms with Crippen LogP contribution in [0.15, 0.2) is 48.6 Å². The van der Waals surface area contributed by atoms with Crippen molar-refractivity contribution in [2.45, 2.75) is 27.2 Å². The maximum absolute atomic E-state index is 11.2. The van der Waals surface area contributed by atoms with Crippen molar-refractivity contribution in [2.75, 3.05) is 5.33 Å². The zero-order chi connectivity index (χ0) is 19.5. The molecule has 4 heteroatoms. The molecule has 2 aromatic rings. The number of aromatic carboxylic acids is 1. The van der Waals surface area contributed by atoms with Crippen LogP contribution in [0.5, 0.6) is 5.75 Å². The van der Waals surface area contributed by atoms with Gasteiger partial charge < -0.3 is 10.2 Å². The van der Waals surface area contributed by atoms with Crippen LogP contribution in [0.1, 0.15) is 37.6 Å². The minimum atomic E-state index is -0.968. The molecule has 0 saturated carbocycles. The molecule has 0 atom stereocenters. The van der Waals surface area contributed by atoms with Gasteiger partial charge in [0.05, 0.1) is 5.56 Å². The van der Waals surface area contributed by atoms with Gasteiger partial charge in [-0.25, -0.2) is 4.79 Å². The van der Waals surface area contributed by atoms with Crippen molar-refractivity contribution < 1.29 is 15.0 Å². The van der Waals surface area contributed by atoms with E-state index in [2.05, 4.69) is 15.9 Å². The number of alkyl halides is 1. The molecule has 0 aliphatic heterocycles. The second-order valence-corrected chi connectivity index (χ2v) is 6.05. The summed E-state index contributed by atoms with van der Waals surface area (Å²) in [6, 6.07) is 10.3. The number of aromatic hydroxyl groups is 1. The number of phenols is 1. The first kappa shape index (κ1) is 21.7. The summed E-state index contributed by atoms with van der Waals surface area (Å²) in [6.45, 7) is 5.93. The molecule has 2 N–H and O–H groups in total. The van der Waals surface area contributed by atoms with Gasteiger partial charge in [0.1, 0.15) is 5.75 Å². The number of allylic oxidation sites excluding steroid dienone is 2. The number of phenolic OH excluding ortho intramolecular Hbond substituents is 1. The summed E-state index contributed by atoms with van der Waals surface area (Å²) in [5, 5.41) is 22.1. The highest BCUT2D eigenvalue weighted by Crippen LogP contribution is 2.21. The molecule has 0 saturated heterocycles. The quantitative estimate of drug-likeness (QED) is 0.693. The first-order valence-corrected chi connectivity index (χ1v) is 9.75. The molecule has 0 unspecified atom stereocenters. The van der Waals surface area contributed by atoms with Crippen molar-refractivity contribution in [3.8, 4) is 16.9 Å². The van der Waals surface area contributed by atoms with Crippen molar-refractivity contribution in [1.29, 1.82) is 0 Å². The fourth-order valence-electron chi connectivity index (χ4n) is 2.42. The van der Waals surface area contributed by atoms with Gasteiger partial charge in [-0.2, -0.15) is 0 Å². The third-order valence-corrected chi connectivity index (χ3v) is 4.02. The minimum Gasteiger partial charge on any atom is -0.507 e. The summed E-state index contributed by atoms with van der Waals surface area (Å²) in [5.74, 6) is -0.783. The maximum Gasteiger partial charge on any atom is 0.335 e. The van der Waals surface area contributed by atoms with Gasteiger partial charge in [0.25, 0.3) is 0 Å². The predicted octanol–water partition coefficient (Wildman–Crippen LogP) is 4.71. The van der Waals surface area contributed by atoms with Crippen molar-refractivity contribution in [2.24, 2.45) is 0 Å². The van der Waals surface area contributed by atoms with Crippen LogP contribution in [0.4, 0.5) is 0 Å². The van der Waals surface area contributed by atoms with E-state index in [0.717, 1.165) is 33.3 Å². The molecule has 2 rings (SSSR count). The summed E-state index contributed by atoms with van der Waals surface area (Å²) in [5.41, 5.74) is 1.76. The molecule has 0 bridgehead atoms. The molecule has 0 aliphatic rings.